The van der Waals surface area contributed by atoms with Crippen molar-refractivity contribution in [2.24, 2.45) is 0 Å². The van der Waals surface area contributed by atoms with Crippen LogP contribution in [0.25, 0.3) is 6.08 Å². The van der Waals surface area contributed by atoms with Gasteiger partial charge in [0.1, 0.15) is 5.75 Å². The van der Waals surface area contributed by atoms with E-state index in [9.17, 15) is 5.11 Å². The third kappa shape index (κ3) is 5.60. The summed E-state index contributed by atoms with van der Waals surface area (Å²) >= 11 is 0. The molecule has 2 aromatic carbocycles. The van der Waals surface area contributed by atoms with Gasteiger partial charge in [-0.05, 0) is 79.8 Å². The molecule has 0 aliphatic heterocycles. The summed E-state index contributed by atoms with van der Waals surface area (Å²) in [6.07, 6.45) is 8.59. The molecule has 2 heteroatoms. The zero-order valence-corrected chi connectivity index (χ0v) is 20.7. The Morgan fingerprint density at radius 2 is 1.39 bits per heavy atom. The second-order valence-corrected chi connectivity index (χ2v) is 8.83. The molecule has 2 nitrogen and oxygen atoms in total. The Hall–Kier alpha value is -2.06. The number of aryl methyl sites for hydroxylation is 2. The van der Waals surface area contributed by atoms with Gasteiger partial charge in [0, 0.05) is 5.41 Å². The van der Waals surface area contributed by atoms with E-state index in [1.54, 1.807) is 0 Å². The molecule has 0 aliphatic rings. The lowest BCUT2D eigenvalue weighted by Gasteiger charge is -2.34. The number of rotatable bonds is 11. The molecule has 1 N–H and O–H groups in total. The quantitative estimate of drug-likeness (QED) is 0.401. The molecule has 0 radical (unpaired) electrons. The average Bonchev–Trinajstić information content (AvgIpc) is 2.79. The van der Waals surface area contributed by atoms with Gasteiger partial charge in [-0.3, -0.25) is 0 Å². The van der Waals surface area contributed by atoms with Crippen molar-refractivity contribution in [3.63, 3.8) is 0 Å². The van der Waals surface area contributed by atoms with Crippen molar-refractivity contribution in [3.8, 4) is 5.75 Å². The van der Waals surface area contributed by atoms with Gasteiger partial charge in [-0.2, -0.15) is 0 Å². The van der Waals surface area contributed by atoms with Crippen LogP contribution in [0, 0.1) is 13.8 Å². The third-order valence-electron chi connectivity index (χ3n) is 7.02. The molecule has 0 unspecified atom stereocenters. The van der Waals surface area contributed by atoms with Gasteiger partial charge < -0.3 is 9.84 Å². The maximum absolute atomic E-state index is 10.6. The predicted molar refractivity (Wildman–Crippen MR) is 134 cm³/mol. The highest BCUT2D eigenvalue weighted by Gasteiger charge is 2.31. The molecule has 2 rings (SSSR count). The molecular weight excluding hydrogens is 380 g/mol. The van der Waals surface area contributed by atoms with Gasteiger partial charge in [0.15, 0.2) is 0 Å². The van der Waals surface area contributed by atoms with Gasteiger partial charge in [0.25, 0.3) is 0 Å². The molecule has 0 spiro atoms. The van der Waals surface area contributed by atoms with E-state index in [0.29, 0.717) is 0 Å². The summed E-state index contributed by atoms with van der Waals surface area (Å²) in [5, 5.41) is 10.6. The highest BCUT2D eigenvalue weighted by Crippen LogP contribution is 2.41. The number of benzene rings is 2. The van der Waals surface area contributed by atoms with Gasteiger partial charge in [-0.1, -0.05) is 77.1 Å². The van der Waals surface area contributed by atoms with Crippen LogP contribution in [-0.2, 0) is 5.41 Å². The van der Waals surface area contributed by atoms with Crippen molar-refractivity contribution in [1.29, 1.82) is 0 Å². The summed E-state index contributed by atoms with van der Waals surface area (Å²) in [5.74, 6) is 0.989. The Bertz CT molecular complexity index is 870. The summed E-state index contributed by atoms with van der Waals surface area (Å²) in [6, 6.07) is 13.5. The molecule has 0 bridgehead atoms. The van der Waals surface area contributed by atoms with Gasteiger partial charge in [-0.25, -0.2) is 0 Å². The number of ether oxygens (including phenoxy) is 1. The zero-order valence-electron chi connectivity index (χ0n) is 20.7. The first-order valence-corrected chi connectivity index (χ1v) is 12.1. The molecule has 170 valence electrons. The van der Waals surface area contributed by atoms with Gasteiger partial charge in [0.05, 0.1) is 12.2 Å². The van der Waals surface area contributed by atoms with Crippen LogP contribution in [0.5, 0.6) is 5.75 Å². The Morgan fingerprint density at radius 3 is 1.87 bits per heavy atom. The van der Waals surface area contributed by atoms with Crippen molar-refractivity contribution in [2.45, 2.75) is 91.6 Å². The lowest BCUT2D eigenvalue weighted by Crippen LogP contribution is -2.26. The molecule has 0 fully saturated rings. The molecule has 0 saturated heterocycles. The van der Waals surface area contributed by atoms with Crippen LogP contribution in [0.1, 0.15) is 94.5 Å². The Balaban J connectivity index is 2.44. The molecule has 0 amide bonds. The van der Waals surface area contributed by atoms with Crippen LogP contribution in [0.4, 0.5) is 0 Å². The van der Waals surface area contributed by atoms with Crippen molar-refractivity contribution in [2.75, 3.05) is 6.61 Å². The fourth-order valence-corrected chi connectivity index (χ4v) is 4.45. The van der Waals surface area contributed by atoms with Crippen LogP contribution in [0.15, 0.2) is 42.5 Å². The maximum atomic E-state index is 10.6. The summed E-state index contributed by atoms with van der Waals surface area (Å²) in [7, 11) is 0. The minimum atomic E-state index is -0.721. The first kappa shape index (κ1) is 25.2. The van der Waals surface area contributed by atoms with Gasteiger partial charge >= 0.3 is 0 Å². The summed E-state index contributed by atoms with van der Waals surface area (Å²) in [5.41, 5.74) is 5.59. The largest absolute Gasteiger partial charge is 0.493 e. The van der Waals surface area contributed by atoms with E-state index in [1.807, 2.05) is 19.9 Å². The van der Waals surface area contributed by atoms with Crippen molar-refractivity contribution >= 4 is 6.08 Å². The number of hydrogen-bond acceptors (Lipinski definition) is 2. The van der Waals surface area contributed by atoms with E-state index in [4.69, 9.17) is 4.74 Å². The van der Waals surface area contributed by atoms with Crippen LogP contribution < -0.4 is 4.74 Å². The van der Waals surface area contributed by atoms with Gasteiger partial charge in [0.2, 0.25) is 0 Å². The highest BCUT2D eigenvalue weighted by molar-refractivity contribution is 5.57. The fraction of sp³-hybridized carbons (Fsp3) is 0.517. The lowest BCUT2D eigenvalue weighted by atomic mass is 9.70. The first-order chi connectivity index (χ1) is 14.8. The van der Waals surface area contributed by atoms with Crippen LogP contribution in [0.2, 0.25) is 0 Å². The summed E-state index contributed by atoms with van der Waals surface area (Å²) in [6.45, 7) is 15.8. The number of hydrogen-bond donors (Lipinski definition) is 1. The van der Waals surface area contributed by atoms with Crippen molar-refractivity contribution in [1.82, 2.24) is 0 Å². The molecule has 0 aromatic heterocycles. The normalized spacial score (nSPS) is 12.5. The number of aliphatic hydroxyl groups is 1. The van der Waals surface area contributed by atoms with Crippen molar-refractivity contribution < 1.29 is 9.84 Å². The standard InChI is InChI=1S/C29H42O2/c1-8-19-31-27-16-15-26(21-23(27)7)29(11-4,12-5)25-14-13-24(22(6)20-25)17-18-28(30,9-2)10-3/h13-18,20-21,30H,8-12,19H2,1-7H3. The Morgan fingerprint density at radius 1 is 0.806 bits per heavy atom. The summed E-state index contributed by atoms with van der Waals surface area (Å²) in [4.78, 5) is 0. The van der Waals surface area contributed by atoms with E-state index < -0.39 is 5.60 Å². The predicted octanol–water partition coefficient (Wildman–Crippen LogP) is 7.76. The molecule has 0 saturated carbocycles. The van der Waals surface area contributed by atoms with Gasteiger partial charge in [-0.15, -0.1) is 0 Å². The third-order valence-corrected chi connectivity index (χ3v) is 7.02. The molecule has 2 aromatic rings. The van der Waals surface area contributed by atoms with Crippen LogP contribution in [0.3, 0.4) is 0 Å². The van der Waals surface area contributed by atoms with Crippen molar-refractivity contribution in [3.05, 3.63) is 70.3 Å². The monoisotopic (exact) mass is 422 g/mol. The zero-order chi connectivity index (χ0) is 23.1. The second kappa shape index (κ2) is 11.0. The van der Waals surface area contributed by atoms with E-state index in [2.05, 4.69) is 77.1 Å². The SMILES string of the molecule is CCCOc1ccc(C(CC)(CC)c2ccc(C=CC(O)(CC)CC)c(C)c2)cc1C. The molecule has 31 heavy (non-hydrogen) atoms. The fourth-order valence-electron chi connectivity index (χ4n) is 4.45. The van der Waals surface area contributed by atoms with Crippen LogP contribution in [-0.4, -0.2) is 17.3 Å². The Labute approximate surface area is 190 Å². The molecule has 0 heterocycles. The highest BCUT2D eigenvalue weighted by atomic mass is 16.5. The molecular formula is C29H42O2. The maximum Gasteiger partial charge on any atom is 0.122 e. The lowest BCUT2D eigenvalue weighted by molar-refractivity contribution is 0.0836. The molecule has 0 atom stereocenters. The minimum absolute atomic E-state index is 0.0192. The topological polar surface area (TPSA) is 29.5 Å². The first-order valence-electron chi connectivity index (χ1n) is 12.1. The average molecular weight is 423 g/mol. The Kier molecular flexibility index (Phi) is 8.94. The van der Waals surface area contributed by atoms with E-state index in [-0.39, 0.29) is 5.41 Å². The minimum Gasteiger partial charge on any atom is -0.493 e. The summed E-state index contributed by atoms with van der Waals surface area (Å²) < 4.78 is 5.91. The second-order valence-electron chi connectivity index (χ2n) is 8.83. The van der Waals surface area contributed by atoms with Crippen LogP contribution >= 0.6 is 0 Å². The van der Waals surface area contributed by atoms with E-state index in [0.717, 1.165) is 44.5 Å². The van der Waals surface area contributed by atoms with E-state index >= 15 is 0 Å². The molecule has 0 aliphatic carbocycles. The smallest absolute Gasteiger partial charge is 0.122 e. The van der Waals surface area contributed by atoms with E-state index in [1.165, 1.54) is 27.8 Å².